The minimum Gasteiger partial charge on any atom is -0.341 e. The molecule has 5 rings (SSSR count). The van der Waals surface area contributed by atoms with E-state index in [1.165, 1.54) is 4.90 Å². The molecule has 0 saturated carbocycles. The average molecular weight is 409 g/mol. The number of hydrogen-bond acceptors (Lipinski definition) is 4. The number of piperidine rings is 2. The highest BCUT2D eigenvalue weighted by Crippen LogP contribution is 2.27. The third-order valence-electron chi connectivity index (χ3n) is 6.68. The van der Waals surface area contributed by atoms with Crippen LogP contribution in [-0.4, -0.2) is 64.1 Å². The lowest BCUT2D eigenvalue weighted by atomic mass is 9.91. The standard InChI is InChI=1S/C22H27N5O3/c28-19(14-26-11-7-15-4-1-2-6-18(15)26)25-12-8-16(9-13-25)27-21(29)17-5-3-10-23-20(17)24-22(27)30/h1-2,4,6-7,11,16-17,20,23H,3,5,8-10,12-14H2,(H,24,30). The van der Waals surface area contributed by atoms with Crippen LogP contribution in [0.1, 0.15) is 25.7 Å². The molecule has 3 saturated heterocycles. The number of carbonyl (C=O) groups is 3. The van der Waals surface area contributed by atoms with Gasteiger partial charge in [0.15, 0.2) is 0 Å². The highest BCUT2D eigenvalue weighted by Gasteiger charge is 2.45. The SMILES string of the molecule is O=C(Cn1ccc2ccccc21)N1CCC(N2C(=O)NC3NCCCC3C2=O)CC1. The number of carbonyl (C=O) groups excluding carboxylic acids is 3. The van der Waals surface area contributed by atoms with E-state index in [2.05, 4.69) is 10.6 Å². The van der Waals surface area contributed by atoms with Gasteiger partial charge in [0.05, 0.1) is 12.1 Å². The summed E-state index contributed by atoms with van der Waals surface area (Å²) in [5, 5.41) is 7.29. The van der Waals surface area contributed by atoms with Crippen LogP contribution >= 0.6 is 0 Å². The first kappa shape index (κ1) is 19.1. The molecular formula is C22H27N5O3. The number of urea groups is 1. The molecule has 1 aromatic heterocycles. The van der Waals surface area contributed by atoms with E-state index < -0.39 is 0 Å². The zero-order valence-electron chi connectivity index (χ0n) is 16.9. The van der Waals surface area contributed by atoms with Crippen LogP contribution in [0.25, 0.3) is 10.9 Å². The monoisotopic (exact) mass is 409 g/mol. The molecule has 3 aliphatic heterocycles. The smallest absolute Gasteiger partial charge is 0.325 e. The van der Waals surface area contributed by atoms with Gasteiger partial charge in [-0.25, -0.2) is 4.79 Å². The van der Waals surface area contributed by atoms with Crippen molar-refractivity contribution in [2.45, 2.75) is 44.4 Å². The van der Waals surface area contributed by atoms with Crippen LogP contribution in [0.15, 0.2) is 36.5 Å². The maximum absolute atomic E-state index is 13.0. The van der Waals surface area contributed by atoms with Crippen LogP contribution < -0.4 is 10.6 Å². The number of imide groups is 1. The molecule has 2 unspecified atom stereocenters. The van der Waals surface area contributed by atoms with Gasteiger partial charge in [-0.2, -0.15) is 0 Å². The number of likely N-dealkylation sites (tertiary alicyclic amines) is 1. The first-order chi connectivity index (χ1) is 14.6. The third-order valence-corrected chi connectivity index (χ3v) is 6.68. The highest BCUT2D eigenvalue weighted by molar-refractivity contribution is 5.99. The topological polar surface area (TPSA) is 86.7 Å². The summed E-state index contributed by atoms with van der Waals surface area (Å²) in [7, 11) is 0. The van der Waals surface area contributed by atoms with Crippen LogP contribution in [0.3, 0.4) is 0 Å². The van der Waals surface area contributed by atoms with E-state index in [1.54, 1.807) is 0 Å². The Morgan fingerprint density at radius 3 is 2.70 bits per heavy atom. The van der Waals surface area contributed by atoms with Crippen LogP contribution in [-0.2, 0) is 16.1 Å². The van der Waals surface area contributed by atoms with E-state index in [-0.39, 0.29) is 36.0 Å². The second-order valence-electron chi connectivity index (χ2n) is 8.45. The van der Waals surface area contributed by atoms with Crippen LogP contribution in [0.4, 0.5) is 4.79 Å². The van der Waals surface area contributed by atoms with Crippen molar-refractivity contribution in [2.24, 2.45) is 5.92 Å². The summed E-state index contributed by atoms with van der Waals surface area (Å²) in [5.41, 5.74) is 1.05. The quantitative estimate of drug-likeness (QED) is 0.805. The molecular weight excluding hydrogens is 382 g/mol. The largest absolute Gasteiger partial charge is 0.341 e. The lowest BCUT2D eigenvalue weighted by molar-refractivity contribution is -0.140. The molecule has 3 fully saturated rings. The van der Waals surface area contributed by atoms with Gasteiger partial charge >= 0.3 is 6.03 Å². The van der Waals surface area contributed by atoms with Gasteiger partial charge in [0.2, 0.25) is 11.8 Å². The van der Waals surface area contributed by atoms with Gasteiger partial charge in [-0.15, -0.1) is 0 Å². The fourth-order valence-corrected chi connectivity index (χ4v) is 5.03. The van der Waals surface area contributed by atoms with Gasteiger partial charge in [0, 0.05) is 30.8 Å². The molecule has 4 heterocycles. The Bertz CT molecular complexity index is 978. The van der Waals surface area contributed by atoms with Crippen molar-refractivity contribution >= 4 is 28.7 Å². The van der Waals surface area contributed by atoms with Crippen molar-refractivity contribution in [3.8, 4) is 0 Å². The lowest BCUT2D eigenvalue weighted by Crippen LogP contribution is -2.68. The van der Waals surface area contributed by atoms with Crippen molar-refractivity contribution in [1.82, 2.24) is 25.0 Å². The Hall–Kier alpha value is -2.87. The number of rotatable bonds is 3. The second kappa shape index (κ2) is 7.75. The number of nitrogens with one attached hydrogen (secondary N) is 2. The number of aromatic nitrogens is 1. The maximum atomic E-state index is 13.0. The second-order valence-corrected chi connectivity index (χ2v) is 8.45. The zero-order chi connectivity index (χ0) is 20.7. The summed E-state index contributed by atoms with van der Waals surface area (Å²) in [6.07, 6.45) is 4.70. The third kappa shape index (κ3) is 3.35. The number of fused-ring (bicyclic) bond motifs is 2. The van der Waals surface area contributed by atoms with Gasteiger partial charge in [-0.05, 0) is 49.7 Å². The molecule has 3 aliphatic rings. The average Bonchev–Trinajstić information content (AvgIpc) is 3.17. The number of nitrogens with zero attached hydrogens (tertiary/aromatic N) is 3. The van der Waals surface area contributed by atoms with Gasteiger partial charge in [-0.1, -0.05) is 18.2 Å². The van der Waals surface area contributed by atoms with Crippen molar-refractivity contribution in [3.05, 3.63) is 36.5 Å². The molecule has 2 atom stereocenters. The Balaban J connectivity index is 1.21. The normalized spacial score (nSPS) is 25.3. The molecule has 4 amide bonds. The van der Waals surface area contributed by atoms with Gasteiger partial charge < -0.3 is 14.8 Å². The Morgan fingerprint density at radius 2 is 1.87 bits per heavy atom. The molecule has 8 nitrogen and oxygen atoms in total. The van der Waals surface area contributed by atoms with Crippen LogP contribution in [0, 0.1) is 5.92 Å². The van der Waals surface area contributed by atoms with E-state index in [0.717, 1.165) is 30.3 Å². The molecule has 0 spiro atoms. The summed E-state index contributed by atoms with van der Waals surface area (Å²) in [6, 6.07) is 9.58. The summed E-state index contributed by atoms with van der Waals surface area (Å²) < 4.78 is 1.97. The summed E-state index contributed by atoms with van der Waals surface area (Å²) in [5.74, 6) is -0.182. The maximum Gasteiger partial charge on any atom is 0.325 e. The lowest BCUT2D eigenvalue weighted by Gasteiger charge is -2.45. The summed E-state index contributed by atoms with van der Waals surface area (Å²) >= 11 is 0. The van der Waals surface area contributed by atoms with E-state index in [9.17, 15) is 14.4 Å². The summed E-state index contributed by atoms with van der Waals surface area (Å²) in [6.45, 7) is 2.25. The van der Waals surface area contributed by atoms with Crippen LogP contribution in [0.5, 0.6) is 0 Å². The van der Waals surface area contributed by atoms with E-state index in [1.807, 2.05) is 46.0 Å². The summed E-state index contributed by atoms with van der Waals surface area (Å²) in [4.78, 5) is 41.7. The Morgan fingerprint density at radius 1 is 1.07 bits per heavy atom. The van der Waals surface area contributed by atoms with Crippen molar-refractivity contribution in [3.63, 3.8) is 0 Å². The first-order valence-corrected chi connectivity index (χ1v) is 10.8. The molecule has 2 aromatic rings. The molecule has 2 N–H and O–H groups in total. The molecule has 30 heavy (non-hydrogen) atoms. The van der Waals surface area contributed by atoms with Crippen LogP contribution in [0.2, 0.25) is 0 Å². The molecule has 0 radical (unpaired) electrons. The van der Waals surface area contributed by atoms with Crippen molar-refractivity contribution in [2.75, 3.05) is 19.6 Å². The molecule has 0 aliphatic carbocycles. The number of para-hydroxylation sites is 1. The minimum absolute atomic E-state index is 0.0699. The molecule has 0 bridgehead atoms. The first-order valence-electron chi connectivity index (χ1n) is 10.8. The molecule has 1 aromatic carbocycles. The van der Waals surface area contributed by atoms with E-state index in [0.29, 0.717) is 32.5 Å². The predicted octanol–water partition coefficient (Wildman–Crippen LogP) is 1.51. The minimum atomic E-state index is -0.306. The zero-order valence-corrected chi connectivity index (χ0v) is 16.9. The van der Waals surface area contributed by atoms with Crippen molar-refractivity contribution in [1.29, 1.82) is 0 Å². The van der Waals surface area contributed by atoms with Gasteiger partial charge in [-0.3, -0.25) is 19.8 Å². The molecule has 8 heteroatoms. The Kier molecular flexibility index (Phi) is 4.94. The highest BCUT2D eigenvalue weighted by atomic mass is 16.2. The van der Waals surface area contributed by atoms with Gasteiger partial charge in [0.25, 0.3) is 0 Å². The van der Waals surface area contributed by atoms with Crippen molar-refractivity contribution < 1.29 is 14.4 Å². The van der Waals surface area contributed by atoms with E-state index in [4.69, 9.17) is 0 Å². The fraction of sp³-hybridized carbons (Fsp3) is 0.500. The number of hydrogen-bond donors (Lipinski definition) is 2. The van der Waals surface area contributed by atoms with E-state index >= 15 is 0 Å². The number of benzene rings is 1. The number of amides is 4. The van der Waals surface area contributed by atoms with Gasteiger partial charge in [0.1, 0.15) is 6.54 Å². The molecule has 158 valence electrons. The Labute approximate surface area is 175 Å². The predicted molar refractivity (Wildman–Crippen MR) is 111 cm³/mol. The fourth-order valence-electron chi connectivity index (χ4n) is 5.03.